The van der Waals surface area contributed by atoms with Crippen molar-refractivity contribution in [3.63, 3.8) is 0 Å². The summed E-state index contributed by atoms with van der Waals surface area (Å²) in [6.45, 7) is 0. The van der Waals surface area contributed by atoms with Crippen molar-refractivity contribution in [2.75, 3.05) is 0 Å². The topological polar surface area (TPSA) is 79.5 Å². The molecule has 0 unspecified atom stereocenters. The molecule has 1 aromatic heterocycles. The number of aromatic hydroxyl groups is 1. The van der Waals surface area contributed by atoms with Crippen LogP contribution in [0.15, 0.2) is 70.5 Å². The first kappa shape index (κ1) is 15.9. The van der Waals surface area contributed by atoms with Crippen molar-refractivity contribution in [3.8, 4) is 11.4 Å². The molecule has 0 spiro atoms. The van der Waals surface area contributed by atoms with Crippen LogP contribution in [0.25, 0.3) is 5.69 Å². The van der Waals surface area contributed by atoms with Crippen molar-refractivity contribution in [1.29, 1.82) is 0 Å². The fourth-order valence-corrected chi connectivity index (χ4v) is 2.23. The highest BCUT2D eigenvalue weighted by Crippen LogP contribution is 2.14. The van der Waals surface area contributed by atoms with E-state index in [-0.39, 0.29) is 11.7 Å². The molecule has 1 amide bonds. The van der Waals surface area contributed by atoms with Gasteiger partial charge in [-0.05, 0) is 54.1 Å². The second-order valence-corrected chi connectivity index (χ2v) is 5.86. The van der Waals surface area contributed by atoms with Gasteiger partial charge in [0.1, 0.15) is 5.75 Å². The van der Waals surface area contributed by atoms with Crippen molar-refractivity contribution in [1.82, 2.24) is 15.2 Å². The Morgan fingerprint density at radius 2 is 1.88 bits per heavy atom. The van der Waals surface area contributed by atoms with Gasteiger partial charge in [0.2, 0.25) is 0 Å². The van der Waals surface area contributed by atoms with Crippen LogP contribution in [0.4, 0.5) is 0 Å². The van der Waals surface area contributed by atoms with Gasteiger partial charge in [-0.1, -0.05) is 15.9 Å². The molecule has 7 heteroatoms. The highest BCUT2D eigenvalue weighted by atomic mass is 79.9. The molecule has 0 fully saturated rings. The monoisotopic (exact) mass is 384 g/mol. The average Bonchev–Trinajstić information content (AvgIpc) is 3.07. The number of aromatic nitrogens is 2. The molecule has 1 heterocycles. The van der Waals surface area contributed by atoms with Crippen LogP contribution in [0.1, 0.15) is 15.9 Å². The molecular weight excluding hydrogens is 372 g/mol. The van der Waals surface area contributed by atoms with Gasteiger partial charge in [0, 0.05) is 10.7 Å². The lowest BCUT2D eigenvalue weighted by Crippen LogP contribution is -2.16. The maximum absolute atomic E-state index is 12.1. The summed E-state index contributed by atoms with van der Waals surface area (Å²) in [6, 6.07) is 14.1. The minimum absolute atomic E-state index is 0.177. The van der Waals surface area contributed by atoms with Crippen molar-refractivity contribution in [2.45, 2.75) is 0 Å². The number of hydrazone groups is 1. The van der Waals surface area contributed by atoms with Gasteiger partial charge in [-0.3, -0.25) is 4.79 Å². The molecule has 0 saturated heterocycles. The quantitative estimate of drug-likeness (QED) is 0.535. The summed E-state index contributed by atoms with van der Waals surface area (Å²) in [5.41, 5.74) is 4.46. The van der Waals surface area contributed by atoms with Crippen LogP contribution in [0, 0.1) is 0 Å². The molecule has 0 radical (unpaired) electrons. The number of halogens is 1. The molecule has 2 N–H and O–H groups in total. The number of hydrogen-bond donors (Lipinski definition) is 2. The van der Waals surface area contributed by atoms with Crippen molar-refractivity contribution in [2.24, 2.45) is 5.10 Å². The zero-order valence-electron chi connectivity index (χ0n) is 12.4. The normalized spacial score (nSPS) is 10.9. The Morgan fingerprint density at radius 1 is 1.17 bits per heavy atom. The second kappa shape index (κ2) is 7.10. The van der Waals surface area contributed by atoms with Crippen LogP contribution < -0.4 is 5.43 Å². The smallest absolute Gasteiger partial charge is 0.274 e. The number of nitrogens with zero attached hydrogens (tertiary/aromatic N) is 3. The van der Waals surface area contributed by atoms with Crippen LogP contribution in [0.3, 0.4) is 0 Å². The predicted octanol–water partition coefficient (Wildman–Crippen LogP) is 3.10. The van der Waals surface area contributed by atoms with Crippen LogP contribution in [-0.2, 0) is 0 Å². The number of phenols is 1. The van der Waals surface area contributed by atoms with E-state index in [4.69, 9.17) is 0 Å². The Kier molecular flexibility index (Phi) is 4.72. The number of hydrogen-bond acceptors (Lipinski definition) is 4. The number of carbonyl (C=O) groups excluding carboxylic acids is 1. The van der Waals surface area contributed by atoms with Crippen LogP contribution in [0.5, 0.6) is 5.75 Å². The van der Waals surface area contributed by atoms with Gasteiger partial charge in [-0.2, -0.15) is 10.2 Å². The van der Waals surface area contributed by atoms with Crippen LogP contribution in [-0.4, -0.2) is 27.0 Å². The largest absolute Gasteiger partial charge is 0.508 e. The van der Waals surface area contributed by atoms with Gasteiger partial charge in [0.05, 0.1) is 23.7 Å². The average molecular weight is 385 g/mol. The van der Waals surface area contributed by atoms with Crippen LogP contribution in [0.2, 0.25) is 0 Å². The summed E-state index contributed by atoms with van der Waals surface area (Å²) < 4.78 is 2.59. The van der Waals surface area contributed by atoms with Gasteiger partial charge in [0.15, 0.2) is 0 Å². The molecule has 0 aliphatic carbocycles. The molecule has 0 saturated carbocycles. The van der Waals surface area contributed by atoms with Crippen LogP contribution >= 0.6 is 15.9 Å². The van der Waals surface area contributed by atoms with E-state index >= 15 is 0 Å². The molecule has 0 atom stereocenters. The number of amides is 1. The molecule has 3 aromatic rings. The molecule has 120 valence electrons. The maximum atomic E-state index is 12.1. The Labute approximate surface area is 146 Å². The Bertz CT molecular complexity index is 870. The maximum Gasteiger partial charge on any atom is 0.274 e. The fraction of sp³-hybridized carbons (Fsp3) is 0. The van der Waals surface area contributed by atoms with Gasteiger partial charge in [0.25, 0.3) is 5.91 Å². The number of rotatable bonds is 4. The summed E-state index contributed by atoms with van der Waals surface area (Å²) >= 11 is 3.37. The lowest BCUT2D eigenvalue weighted by Gasteiger charge is -2.00. The van der Waals surface area contributed by atoms with Gasteiger partial charge >= 0.3 is 0 Å². The lowest BCUT2D eigenvalue weighted by atomic mass is 10.2. The third-order valence-corrected chi connectivity index (χ3v) is 3.74. The highest BCUT2D eigenvalue weighted by molar-refractivity contribution is 9.10. The van der Waals surface area contributed by atoms with Gasteiger partial charge in [-0.25, -0.2) is 10.1 Å². The standard InChI is InChI=1S/C17H13BrN4O2/c18-14-3-5-15(6-4-14)22-11-13(10-20-22)17(24)21-19-9-12-1-7-16(23)8-2-12/h1-11,23H,(H,21,24)/b19-9+. The van der Waals surface area contributed by atoms with E-state index in [9.17, 15) is 9.90 Å². The van der Waals surface area contributed by atoms with E-state index < -0.39 is 0 Å². The van der Waals surface area contributed by atoms with Crippen molar-refractivity contribution in [3.05, 3.63) is 76.5 Å². The summed E-state index contributed by atoms with van der Waals surface area (Å²) in [5, 5.41) is 17.3. The predicted molar refractivity (Wildman–Crippen MR) is 94.4 cm³/mol. The Morgan fingerprint density at radius 3 is 2.58 bits per heavy atom. The third kappa shape index (κ3) is 3.88. The first-order valence-electron chi connectivity index (χ1n) is 7.05. The minimum Gasteiger partial charge on any atom is -0.508 e. The van der Waals surface area contributed by atoms with E-state index in [1.807, 2.05) is 24.3 Å². The molecular formula is C17H13BrN4O2. The van der Waals surface area contributed by atoms with E-state index in [0.29, 0.717) is 5.56 Å². The number of benzene rings is 2. The van der Waals surface area contributed by atoms with E-state index in [1.165, 1.54) is 12.4 Å². The first-order chi connectivity index (χ1) is 11.6. The first-order valence-corrected chi connectivity index (χ1v) is 7.84. The van der Waals surface area contributed by atoms with E-state index in [1.54, 1.807) is 35.1 Å². The number of carbonyl (C=O) groups is 1. The SMILES string of the molecule is O=C(N/N=C/c1ccc(O)cc1)c1cnn(-c2ccc(Br)cc2)c1. The van der Waals surface area contributed by atoms with Gasteiger partial charge < -0.3 is 5.11 Å². The zero-order chi connectivity index (χ0) is 16.9. The second-order valence-electron chi connectivity index (χ2n) is 4.94. The number of nitrogens with one attached hydrogen (secondary N) is 1. The lowest BCUT2D eigenvalue weighted by molar-refractivity contribution is 0.0955. The Hall–Kier alpha value is -2.93. The molecule has 0 aliphatic rings. The van der Waals surface area contributed by atoms with Gasteiger partial charge in [-0.15, -0.1) is 0 Å². The molecule has 0 aliphatic heterocycles. The molecule has 3 rings (SSSR count). The van der Waals surface area contributed by atoms with E-state index in [2.05, 4.69) is 31.6 Å². The highest BCUT2D eigenvalue weighted by Gasteiger charge is 2.08. The molecule has 2 aromatic carbocycles. The number of phenolic OH excluding ortho intramolecular Hbond substituents is 1. The Balaban J connectivity index is 1.65. The molecule has 24 heavy (non-hydrogen) atoms. The molecule has 6 nitrogen and oxygen atoms in total. The fourth-order valence-electron chi connectivity index (χ4n) is 1.97. The third-order valence-electron chi connectivity index (χ3n) is 3.21. The summed E-state index contributed by atoms with van der Waals surface area (Å²) in [5.74, 6) is -0.176. The summed E-state index contributed by atoms with van der Waals surface area (Å²) in [6.07, 6.45) is 4.61. The zero-order valence-corrected chi connectivity index (χ0v) is 14.0. The summed E-state index contributed by atoms with van der Waals surface area (Å²) in [7, 11) is 0. The summed E-state index contributed by atoms with van der Waals surface area (Å²) in [4.78, 5) is 12.1. The van der Waals surface area contributed by atoms with E-state index in [0.717, 1.165) is 15.7 Å². The van der Waals surface area contributed by atoms with Crippen molar-refractivity contribution >= 4 is 28.1 Å². The minimum atomic E-state index is -0.353. The molecule has 0 bridgehead atoms. The van der Waals surface area contributed by atoms with Crippen molar-refractivity contribution < 1.29 is 9.90 Å².